The normalized spacial score (nSPS) is 17.6. The number of aromatic amines is 1. The highest BCUT2D eigenvalue weighted by Gasteiger charge is 2.35. The summed E-state index contributed by atoms with van der Waals surface area (Å²) in [6, 6.07) is 17.5. The smallest absolute Gasteiger partial charge is 0.226 e. The number of para-hydroxylation sites is 2. The Balaban J connectivity index is 1.45. The van der Waals surface area contributed by atoms with E-state index in [0.717, 1.165) is 28.8 Å². The van der Waals surface area contributed by atoms with Gasteiger partial charge in [-0.1, -0.05) is 56.3 Å². The van der Waals surface area contributed by atoms with Crippen LogP contribution in [0, 0.1) is 11.8 Å². The lowest BCUT2D eigenvalue weighted by Gasteiger charge is -2.21. The lowest BCUT2D eigenvalue weighted by molar-refractivity contribution is -0.129. The van der Waals surface area contributed by atoms with Crippen molar-refractivity contribution in [1.29, 1.82) is 0 Å². The minimum Gasteiger partial charge on any atom is -0.346 e. The number of hydrogen-bond donors (Lipinski definition) is 2. The number of imidazole rings is 1. The average molecular weight is 405 g/mol. The van der Waals surface area contributed by atoms with Crippen LogP contribution in [0.3, 0.4) is 0 Å². The van der Waals surface area contributed by atoms with E-state index in [1.165, 1.54) is 0 Å². The Hall–Kier alpha value is -3.15. The van der Waals surface area contributed by atoms with Gasteiger partial charge in [0.2, 0.25) is 11.8 Å². The Labute approximate surface area is 176 Å². The van der Waals surface area contributed by atoms with Gasteiger partial charge >= 0.3 is 0 Å². The fourth-order valence-electron chi connectivity index (χ4n) is 4.04. The predicted molar refractivity (Wildman–Crippen MR) is 116 cm³/mol. The molecule has 4 rings (SSSR count). The molecule has 0 aliphatic carbocycles. The van der Waals surface area contributed by atoms with Gasteiger partial charge in [0.25, 0.3) is 0 Å². The van der Waals surface area contributed by atoms with Gasteiger partial charge < -0.3 is 15.2 Å². The lowest BCUT2D eigenvalue weighted by Crippen LogP contribution is -2.36. The standard InChI is InChI=1S/C24H28N4O2/c1-16(2)12-21(23-25-19-10-6-7-11-20(19)26-23)27-24(30)18-13-22(29)28(15-18)14-17-8-4-3-5-9-17/h3-11,16,18,21H,12-15H2,1-2H3,(H,25,26)(H,27,30)/t18-,21+/m1/s1. The molecule has 3 aromatic rings. The maximum atomic E-state index is 13.0. The van der Waals surface area contributed by atoms with Crippen LogP contribution >= 0.6 is 0 Å². The SMILES string of the molecule is CC(C)C[C@H](NC(=O)[C@@H]1CC(=O)N(Cc2ccccc2)C1)c1nc2ccccc2[nH]1. The molecule has 1 fully saturated rings. The topological polar surface area (TPSA) is 78.1 Å². The minimum atomic E-state index is -0.333. The lowest BCUT2D eigenvalue weighted by atomic mass is 10.0. The summed E-state index contributed by atoms with van der Waals surface area (Å²) in [4.78, 5) is 35.3. The van der Waals surface area contributed by atoms with E-state index >= 15 is 0 Å². The van der Waals surface area contributed by atoms with Gasteiger partial charge in [0.05, 0.1) is 23.0 Å². The largest absolute Gasteiger partial charge is 0.346 e. The van der Waals surface area contributed by atoms with Crippen molar-refractivity contribution in [3.8, 4) is 0 Å². The number of aromatic nitrogens is 2. The summed E-state index contributed by atoms with van der Waals surface area (Å²) in [5, 5.41) is 3.16. The van der Waals surface area contributed by atoms with Gasteiger partial charge in [-0.05, 0) is 30.0 Å². The molecule has 1 saturated heterocycles. The Morgan fingerprint density at radius 3 is 2.63 bits per heavy atom. The van der Waals surface area contributed by atoms with Crippen LogP contribution < -0.4 is 5.32 Å². The maximum absolute atomic E-state index is 13.0. The highest BCUT2D eigenvalue weighted by atomic mass is 16.2. The van der Waals surface area contributed by atoms with E-state index in [1.54, 1.807) is 4.90 Å². The highest BCUT2D eigenvalue weighted by Crippen LogP contribution is 2.25. The van der Waals surface area contributed by atoms with Crippen LogP contribution in [0.1, 0.15) is 44.1 Å². The van der Waals surface area contributed by atoms with E-state index in [1.807, 2.05) is 54.6 Å². The molecule has 1 aromatic heterocycles. The second-order valence-electron chi connectivity index (χ2n) is 8.49. The minimum absolute atomic E-state index is 0.0307. The third kappa shape index (κ3) is 4.53. The molecular formula is C24H28N4O2. The molecule has 6 nitrogen and oxygen atoms in total. The molecule has 1 aliphatic rings. The number of carbonyl (C=O) groups excluding carboxylic acids is 2. The summed E-state index contributed by atoms with van der Waals surface area (Å²) < 4.78 is 0. The van der Waals surface area contributed by atoms with Crippen molar-refractivity contribution in [1.82, 2.24) is 20.2 Å². The Morgan fingerprint density at radius 1 is 1.17 bits per heavy atom. The van der Waals surface area contributed by atoms with Crippen molar-refractivity contribution < 1.29 is 9.59 Å². The number of carbonyl (C=O) groups is 2. The number of fused-ring (bicyclic) bond motifs is 1. The number of amides is 2. The van der Waals surface area contributed by atoms with Gasteiger partial charge in [0.1, 0.15) is 5.82 Å². The molecule has 1 aliphatic heterocycles. The number of nitrogens with zero attached hydrogens (tertiary/aromatic N) is 2. The zero-order valence-corrected chi connectivity index (χ0v) is 17.5. The fourth-order valence-corrected chi connectivity index (χ4v) is 4.04. The first-order valence-electron chi connectivity index (χ1n) is 10.6. The van der Waals surface area contributed by atoms with Gasteiger partial charge in [0.15, 0.2) is 0 Å². The summed E-state index contributed by atoms with van der Waals surface area (Å²) in [6.45, 7) is 5.25. The summed E-state index contributed by atoms with van der Waals surface area (Å²) >= 11 is 0. The third-order valence-corrected chi connectivity index (χ3v) is 5.56. The zero-order valence-electron chi connectivity index (χ0n) is 17.5. The molecule has 0 spiro atoms. The highest BCUT2D eigenvalue weighted by molar-refractivity contribution is 5.89. The molecule has 0 radical (unpaired) electrons. The molecule has 2 amide bonds. The van der Waals surface area contributed by atoms with Gasteiger partial charge in [-0.2, -0.15) is 0 Å². The summed E-state index contributed by atoms with van der Waals surface area (Å²) in [5.74, 6) is 0.778. The van der Waals surface area contributed by atoms with Gasteiger partial charge in [0, 0.05) is 19.5 Å². The van der Waals surface area contributed by atoms with E-state index in [4.69, 9.17) is 0 Å². The van der Waals surface area contributed by atoms with Crippen molar-refractivity contribution in [3.05, 3.63) is 66.0 Å². The average Bonchev–Trinajstić information content (AvgIpc) is 3.32. The molecule has 2 aromatic carbocycles. The van der Waals surface area contributed by atoms with Crippen LogP contribution in [0.4, 0.5) is 0 Å². The number of benzene rings is 2. The maximum Gasteiger partial charge on any atom is 0.226 e. The summed E-state index contributed by atoms with van der Waals surface area (Å²) in [5.41, 5.74) is 2.92. The zero-order chi connectivity index (χ0) is 21.1. The van der Waals surface area contributed by atoms with Crippen LogP contribution in [0.25, 0.3) is 11.0 Å². The monoisotopic (exact) mass is 404 g/mol. The first-order valence-corrected chi connectivity index (χ1v) is 10.6. The molecule has 0 unspecified atom stereocenters. The third-order valence-electron chi connectivity index (χ3n) is 5.56. The van der Waals surface area contributed by atoms with Crippen LogP contribution in [-0.4, -0.2) is 33.2 Å². The molecule has 156 valence electrons. The van der Waals surface area contributed by atoms with Crippen molar-refractivity contribution in [2.75, 3.05) is 6.54 Å². The molecule has 2 atom stereocenters. The van der Waals surface area contributed by atoms with Crippen molar-refractivity contribution in [2.45, 2.75) is 39.3 Å². The van der Waals surface area contributed by atoms with Crippen molar-refractivity contribution in [3.63, 3.8) is 0 Å². The second kappa shape index (κ2) is 8.69. The first kappa shape index (κ1) is 20.1. The number of rotatable bonds is 7. The Bertz CT molecular complexity index is 995. The van der Waals surface area contributed by atoms with Gasteiger partial charge in [-0.3, -0.25) is 9.59 Å². The first-order chi connectivity index (χ1) is 14.5. The van der Waals surface area contributed by atoms with E-state index in [9.17, 15) is 9.59 Å². The van der Waals surface area contributed by atoms with Crippen LogP contribution in [0.15, 0.2) is 54.6 Å². The quantitative estimate of drug-likeness (QED) is 0.628. The van der Waals surface area contributed by atoms with E-state index in [-0.39, 0.29) is 30.2 Å². The van der Waals surface area contributed by atoms with Crippen LogP contribution in [0.2, 0.25) is 0 Å². The molecule has 6 heteroatoms. The summed E-state index contributed by atoms with van der Waals surface area (Å²) in [7, 11) is 0. The van der Waals surface area contributed by atoms with Crippen LogP contribution in [-0.2, 0) is 16.1 Å². The molecule has 0 saturated carbocycles. The molecule has 2 N–H and O–H groups in total. The van der Waals surface area contributed by atoms with Crippen molar-refractivity contribution in [2.24, 2.45) is 11.8 Å². The Morgan fingerprint density at radius 2 is 1.90 bits per heavy atom. The molecule has 2 heterocycles. The predicted octanol–water partition coefficient (Wildman–Crippen LogP) is 3.82. The summed E-state index contributed by atoms with van der Waals surface area (Å²) in [6.07, 6.45) is 1.03. The number of hydrogen-bond acceptors (Lipinski definition) is 3. The number of likely N-dealkylation sites (tertiary alicyclic amines) is 1. The number of H-pyrrole nitrogens is 1. The fraction of sp³-hybridized carbons (Fsp3) is 0.375. The van der Waals surface area contributed by atoms with E-state index in [2.05, 4.69) is 29.1 Å². The molecule has 0 bridgehead atoms. The number of nitrogens with one attached hydrogen (secondary N) is 2. The van der Waals surface area contributed by atoms with Crippen LogP contribution in [0.5, 0.6) is 0 Å². The second-order valence-corrected chi connectivity index (χ2v) is 8.49. The molecule has 30 heavy (non-hydrogen) atoms. The van der Waals surface area contributed by atoms with Crippen molar-refractivity contribution >= 4 is 22.8 Å². The van der Waals surface area contributed by atoms with E-state index < -0.39 is 0 Å². The molecular weight excluding hydrogens is 376 g/mol. The van der Waals surface area contributed by atoms with E-state index in [0.29, 0.717) is 19.0 Å². The van der Waals surface area contributed by atoms with Gasteiger partial charge in [-0.15, -0.1) is 0 Å². The Kier molecular flexibility index (Phi) is 5.84. The van der Waals surface area contributed by atoms with Gasteiger partial charge in [-0.25, -0.2) is 4.98 Å².